The summed E-state index contributed by atoms with van der Waals surface area (Å²) in [5.74, 6) is 2.21. The molecule has 2 fully saturated rings. The number of furan rings is 2. The number of nitrogens with zero attached hydrogens (tertiary/aromatic N) is 4. The van der Waals surface area contributed by atoms with E-state index in [0.29, 0.717) is 18.8 Å². The number of amides is 1. The fourth-order valence-electron chi connectivity index (χ4n) is 4.32. The van der Waals surface area contributed by atoms with Crippen LogP contribution in [-0.2, 0) is 0 Å². The van der Waals surface area contributed by atoms with Gasteiger partial charge in [0.1, 0.15) is 5.76 Å². The SMILES string of the molecule is CN=C(NCC(c1ccco1)N1CCCCC1)N1CCN(C(=O)c2ccco2)CC1. The van der Waals surface area contributed by atoms with Gasteiger partial charge >= 0.3 is 0 Å². The van der Waals surface area contributed by atoms with Gasteiger partial charge < -0.3 is 24.0 Å². The lowest BCUT2D eigenvalue weighted by atomic mass is 10.1. The third kappa shape index (κ3) is 4.70. The van der Waals surface area contributed by atoms with Crippen molar-refractivity contribution in [3.63, 3.8) is 0 Å². The second kappa shape index (κ2) is 9.84. The molecule has 162 valence electrons. The molecule has 30 heavy (non-hydrogen) atoms. The molecule has 8 nitrogen and oxygen atoms in total. The number of piperazine rings is 1. The van der Waals surface area contributed by atoms with Gasteiger partial charge in [0.05, 0.1) is 18.6 Å². The van der Waals surface area contributed by atoms with Gasteiger partial charge in [-0.3, -0.25) is 14.7 Å². The van der Waals surface area contributed by atoms with E-state index in [9.17, 15) is 4.79 Å². The van der Waals surface area contributed by atoms with Crippen LogP contribution in [0.25, 0.3) is 0 Å². The first-order chi connectivity index (χ1) is 14.8. The predicted octanol–water partition coefficient (Wildman–Crippen LogP) is 2.43. The minimum absolute atomic E-state index is 0.0504. The molecule has 8 heteroatoms. The molecule has 1 amide bonds. The maximum absolute atomic E-state index is 12.5. The van der Waals surface area contributed by atoms with E-state index >= 15 is 0 Å². The van der Waals surface area contributed by atoms with E-state index in [-0.39, 0.29) is 11.9 Å². The van der Waals surface area contributed by atoms with E-state index in [1.165, 1.54) is 25.5 Å². The van der Waals surface area contributed by atoms with E-state index in [2.05, 4.69) is 26.2 Å². The predicted molar refractivity (Wildman–Crippen MR) is 114 cm³/mol. The molecule has 0 aromatic carbocycles. The van der Waals surface area contributed by atoms with Gasteiger partial charge in [-0.15, -0.1) is 0 Å². The van der Waals surface area contributed by atoms with Crippen molar-refractivity contribution < 1.29 is 13.6 Å². The van der Waals surface area contributed by atoms with Crippen molar-refractivity contribution in [2.45, 2.75) is 25.3 Å². The Hall–Kier alpha value is -2.74. The van der Waals surface area contributed by atoms with Crippen LogP contribution in [0.5, 0.6) is 0 Å². The first kappa shape index (κ1) is 20.5. The summed E-state index contributed by atoms with van der Waals surface area (Å²) < 4.78 is 11.0. The van der Waals surface area contributed by atoms with Crippen LogP contribution in [0.1, 0.15) is 41.6 Å². The molecule has 2 saturated heterocycles. The third-order valence-corrected chi connectivity index (χ3v) is 5.97. The zero-order valence-electron chi connectivity index (χ0n) is 17.6. The number of aliphatic imine (C=N–C) groups is 1. The monoisotopic (exact) mass is 413 g/mol. The summed E-state index contributed by atoms with van der Waals surface area (Å²) in [6.45, 7) is 5.70. The van der Waals surface area contributed by atoms with Crippen LogP contribution in [0.2, 0.25) is 0 Å². The smallest absolute Gasteiger partial charge is 0.289 e. The number of nitrogens with one attached hydrogen (secondary N) is 1. The molecule has 4 rings (SSSR count). The lowest BCUT2D eigenvalue weighted by molar-refractivity contribution is 0.0657. The van der Waals surface area contributed by atoms with E-state index in [1.54, 1.807) is 18.4 Å². The van der Waals surface area contributed by atoms with Gasteiger partial charge in [0.25, 0.3) is 5.91 Å². The van der Waals surface area contributed by atoms with Crippen molar-refractivity contribution in [1.29, 1.82) is 0 Å². The molecular formula is C22H31N5O3. The molecule has 4 heterocycles. The number of carbonyl (C=O) groups excluding carboxylic acids is 1. The number of piperidine rings is 1. The van der Waals surface area contributed by atoms with Crippen molar-refractivity contribution in [2.24, 2.45) is 4.99 Å². The Morgan fingerprint density at radius 3 is 2.33 bits per heavy atom. The summed E-state index contributed by atoms with van der Waals surface area (Å²) in [5, 5.41) is 3.55. The number of guanidine groups is 1. The number of hydrogen-bond donors (Lipinski definition) is 1. The number of rotatable bonds is 5. The average molecular weight is 414 g/mol. The summed E-state index contributed by atoms with van der Waals surface area (Å²) in [6.07, 6.45) is 7.05. The summed E-state index contributed by atoms with van der Waals surface area (Å²) in [6, 6.07) is 7.66. The highest BCUT2D eigenvalue weighted by Gasteiger charge is 2.28. The summed E-state index contributed by atoms with van der Waals surface area (Å²) >= 11 is 0. The highest BCUT2D eigenvalue weighted by molar-refractivity contribution is 5.91. The Kier molecular flexibility index (Phi) is 6.74. The van der Waals surface area contributed by atoms with Gasteiger partial charge in [-0.05, 0) is 50.2 Å². The van der Waals surface area contributed by atoms with Crippen LogP contribution in [0.3, 0.4) is 0 Å². The fourth-order valence-corrected chi connectivity index (χ4v) is 4.32. The van der Waals surface area contributed by atoms with Gasteiger partial charge in [-0.2, -0.15) is 0 Å². The molecule has 2 aromatic rings. The molecule has 2 aromatic heterocycles. The topological polar surface area (TPSA) is 77.5 Å². The largest absolute Gasteiger partial charge is 0.468 e. The maximum Gasteiger partial charge on any atom is 0.289 e. The molecule has 0 bridgehead atoms. The van der Waals surface area contributed by atoms with Crippen LogP contribution in [-0.4, -0.2) is 79.4 Å². The Morgan fingerprint density at radius 1 is 1.00 bits per heavy atom. The Balaban J connectivity index is 1.33. The molecule has 1 atom stereocenters. The van der Waals surface area contributed by atoms with Crippen LogP contribution in [0.4, 0.5) is 0 Å². The number of hydrogen-bond acceptors (Lipinski definition) is 5. The number of carbonyl (C=O) groups is 1. The van der Waals surface area contributed by atoms with Gasteiger partial charge in [0, 0.05) is 39.8 Å². The minimum Gasteiger partial charge on any atom is -0.468 e. The van der Waals surface area contributed by atoms with Crippen molar-refractivity contribution in [1.82, 2.24) is 20.0 Å². The lowest BCUT2D eigenvalue weighted by Crippen LogP contribution is -2.54. The summed E-state index contributed by atoms with van der Waals surface area (Å²) in [7, 11) is 1.81. The van der Waals surface area contributed by atoms with Crippen molar-refractivity contribution in [3.05, 3.63) is 48.3 Å². The second-order valence-electron chi connectivity index (χ2n) is 7.81. The summed E-state index contributed by atoms with van der Waals surface area (Å²) in [4.78, 5) is 23.5. The fraction of sp³-hybridized carbons (Fsp3) is 0.545. The Morgan fingerprint density at radius 2 is 1.70 bits per heavy atom. The quantitative estimate of drug-likeness (QED) is 0.599. The normalized spacial score (nSPS) is 19.7. The van der Waals surface area contributed by atoms with E-state index in [0.717, 1.165) is 44.4 Å². The Labute approximate surface area is 177 Å². The average Bonchev–Trinajstić information content (AvgIpc) is 3.52. The summed E-state index contributed by atoms with van der Waals surface area (Å²) in [5.41, 5.74) is 0. The third-order valence-electron chi connectivity index (χ3n) is 5.97. The highest BCUT2D eigenvalue weighted by Crippen LogP contribution is 2.24. The standard InChI is InChI=1S/C22H31N5O3/c1-23-22(27-13-11-26(12-14-27)21(28)20-8-6-16-30-20)24-17-18(19-7-5-15-29-19)25-9-3-2-4-10-25/h5-8,15-16,18H,2-4,9-14,17H2,1H3,(H,23,24). The minimum atomic E-state index is -0.0504. The molecule has 1 N–H and O–H groups in total. The molecule has 0 spiro atoms. The van der Waals surface area contributed by atoms with E-state index < -0.39 is 0 Å². The van der Waals surface area contributed by atoms with Crippen molar-refractivity contribution in [2.75, 3.05) is 52.9 Å². The van der Waals surface area contributed by atoms with E-state index in [1.807, 2.05) is 18.0 Å². The number of likely N-dealkylation sites (tertiary alicyclic amines) is 1. The van der Waals surface area contributed by atoms with Crippen molar-refractivity contribution >= 4 is 11.9 Å². The van der Waals surface area contributed by atoms with Crippen LogP contribution in [0.15, 0.2) is 50.6 Å². The first-order valence-electron chi connectivity index (χ1n) is 10.8. The van der Waals surface area contributed by atoms with Crippen LogP contribution < -0.4 is 5.32 Å². The molecule has 0 saturated carbocycles. The van der Waals surface area contributed by atoms with Gasteiger partial charge in [-0.25, -0.2) is 0 Å². The zero-order chi connectivity index (χ0) is 20.8. The van der Waals surface area contributed by atoms with Crippen LogP contribution >= 0.6 is 0 Å². The Bertz CT molecular complexity index is 804. The van der Waals surface area contributed by atoms with Crippen LogP contribution in [0, 0.1) is 0 Å². The molecule has 0 aliphatic carbocycles. The molecule has 0 radical (unpaired) electrons. The molecule has 1 unspecified atom stereocenters. The molecular weight excluding hydrogens is 382 g/mol. The second-order valence-corrected chi connectivity index (χ2v) is 7.81. The zero-order valence-corrected chi connectivity index (χ0v) is 17.6. The molecule has 2 aliphatic rings. The first-order valence-corrected chi connectivity index (χ1v) is 10.8. The maximum atomic E-state index is 12.5. The van der Waals surface area contributed by atoms with Gasteiger partial charge in [0.15, 0.2) is 11.7 Å². The lowest BCUT2D eigenvalue weighted by Gasteiger charge is -2.37. The van der Waals surface area contributed by atoms with Gasteiger partial charge in [-0.1, -0.05) is 6.42 Å². The molecule has 2 aliphatic heterocycles. The van der Waals surface area contributed by atoms with E-state index in [4.69, 9.17) is 8.83 Å². The van der Waals surface area contributed by atoms with Gasteiger partial charge in [0.2, 0.25) is 0 Å². The highest BCUT2D eigenvalue weighted by atomic mass is 16.3. The van der Waals surface area contributed by atoms with Crippen molar-refractivity contribution in [3.8, 4) is 0 Å².